The molecule has 0 aromatic carbocycles. The third-order valence-electron chi connectivity index (χ3n) is 3.04. The van der Waals surface area contributed by atoms with Gasteiger partial charge in [-0.05, 0) is 39.8 Å². The van der Waals surface area contributed by atoms with Crippen LogP contribution in [0.1, 0.15) is 40.5 Å². The molecular formula is C13H30N2O. The molecule has 0 saturated carbocycles. The molecule has 0 spiro atoms. The molecule has 1 atom stereocenters. The zero-order valence-electron chi connectivity index (χ0n) is 11.6. The zero-order chi connectivity index (χ0) is 12.2. The van der Waals surface area contributed by atoms with Crippen molar-refractivity contribution in [2.45, 2.75) is 46.6 Å². The lowest BCUT2D eigenvalue weighted by Gasteiger charge is -2.26. The molecule has 0 aliphatic heterocycles. The number of nitrogens with one attached hydrogen (secondary N) is 1. The Morgan fingerprint density at radius 2 is 1.94 bits per heavy atom. The summed E-state index contributed by atoms with van der Waals surface area (Å²) in [5, 5.41) is 3.47. The van der Waals surface area contributed by atoms with Crippen LogP contribution in [0.2, 0.25) is 0 Å². The molecule has 3 heteroatoms. The number of rotatable bonds is 11. The third-order valence-corrected chi connectivity index (χ3v) is 3.04. The maximum absolute atomic E-state index is 5.29. The van der Waals surface area contributed by atoms with Crippen LogP contribution in [-0.4, -0.2) is 50.3 Å². The molecule has 0 rings (SSSR count). The smallest absolute Gasteiger partial charge is 0.0477 e. The summed E-state index contributed by atoms with van der Waals surface area (Å²) in [5.74, 6) is 0. The Morgan fingerprint density at radius 3 is 2.50 bits per heavy atom. The van der Waals surface area contributed by atoms with Crippen molar-refractivity contribution in [1.29, 1.82) is 0 Å². The molecule has 1 N–H and O–H groups in total. The van der Waals surface area contributed by atoms with Gasteiger partial charge in [-0.25, -0.2) is 0 Å². The third kappa shape index (κ3) is 8.08. The molecule has 0 radical (unpaired) electrons. The Morgan fingerprint density at radius 1 is 1.19 bits per heavy atom. The average Bonchev–Trinajstić information content (AvgIpc) is 2.32. The summed E-state index contributed by atoms with van der Waals surface area (Å²) in [6, 6.07) is 0.704. The number of nitrogens with zero attached hydrogens (tertiary/aromatic N) is 1. The van der Waals surface area contributed by atoms with Gasteiger partial charge in [-0.2, -0.15) is 0 Å². The maximum Gasteiger partial charge on any atom is 0.0477 e. The quantitative estimate of drug-likeness (QED) is 0.550. The SMILES string of the molecule is CCOCCCNCCN(CC)C(C)CC. The van der Waals surface area contributed by atoms with Crippen LogP contribution >= 0.6 is 0 Å². The highest BCUT2D eigenvalue weighted by molar-refractivity contribution is 4.65. The van der Waals surface area contributed by atoms with E-state index in [-0.39, 0.29) is 0 Å². The van der Waals surface area contributed by atoms with E-state index in [0.29, 0.717) is 6.04 Å². The van der Waals surface area contributed by atoms with Gasteiger partial charge in [0.15, 0.2) is 0 Å². The van der Waals surface area contributed by atoms with E-state index in [2.05, 4.69) is 31.0 Å². The zero-order valence-corrected chi connectivity index (χ0v) is 11.6. The maximum atomic E-state index is 5.29. The summed E-state index contributed by atoms with van der Waals surface area (Å²) in [5.41, 5.74) is 0. The minimum absolute atomic E-state index is 0.704. The van der Waals surface area contributed by atoms with Crippen LogP contribution in [-0.2, 0) is 4.74 Å². The van der Waals surface area contributed by atoms with Crippen LogP contribution in [0.25, 0.3) is 0 Å². The summed E-state index contributed by atoms with van der Waals surface area (Å²) in [6.07, 6.45) is 2.35. The van der Waals surface area contributed by atoms with E-state index in [1.165, 1.54) is 6.42 Å². The average molecular weight is 230 g/mol. The van der Waals surface area contributed by atoms with Gasteiger partial charge in [-0.1, -0.05) is 13.8 Å². The lowest BCUT2D eigenvalue weighted by molar-refractivity contribution is 0.144. The summed E-state index contributed by atoms with van der Waals surface area (Å²) in [6.45, 7) is 15.0. The fraction of sp³-hybridized carbons (Fsp3) is 1.00. The minimum Gasteiger partial charge on any atom is -0.382 e. The molecule has 0 heterocycles. The molecular weight excluding hydrogens is 200 g/mol. The molecule has 0 bridgehead atoms. The first kappa shape index (κ1) is 15.9. The lowest BCUT2D eigenvalue weighted by atomic mass is 10.2. The highest BCUT2D eigenvalue weighted by Gasteiger charge is 2.08. The van der Waals surface area contributed by atoms with Crippen molar-refractivity contribution in [2.75, 3.05) is 39.4 Å². The van der Waals surface area contributed by atoms with Crippen LogP contribution in [0.4, 0.5) is 0 Å². The van der Waals surface area contributed by atoms with E-state index < -0.39 is 0 Å². The highest BCUT2D eigenvalue weighted by atomic mass is 16.5. The molecule has 1 unspecified atom stereocenters. The molecule has 98 valence electrons. The standard InChI is InChI=1S/C13H30N2O/c1-5-13(4)15(6-2)11-10-14-9-8-12-16-7-3/h13-14H,5-12H2,1-4H3. The Kier molecular flexibility index (Phi) is 11.3. The van der Waals surface area contributed by atoms with E-state index >= 15 is 0 Å². The molecule has 0 aliphatic rings. The normalized spacial score (nSPS) is 13.3. The first-order valence-electron chi connectivity index (χ1n) is 6.78. The van der Waals surface area contributed by atoms with Crippen molar-refractivity contribution >= 4 is 0 Å². The number of hydrogen-bond donors (Lipinski definition) is 1. The van der Waals surface area contributed by atoms with Gasteiger partial charge >= 0.3 is 0 Å². The highest BCUT2D eigenvalue weighted by Crippen LogP contribution is 2.01. The summed E-state index contributed by atoms with van der Waals surface area (Å²) in [4.78, 5) is 2.52. The summed E-state index contributed by atoms with van der Waals surface area (Å²) >= 11 is 0. The second-order valence-corrected chi connectivity index (χ2v) is 4.19. The Bertz CT molecular complexity index is 142. The lowest BCUT2D eigenvalue weighted by Crippen LogP contribution is -2.38. The van der Waals surface area contributed by atoms with Crippen molar-refractivity contribution in [1.82, 2.24) is 10.2 Å². The number of likely N-dealkylation sites (N-methyl/N-ethyl adjacent to an activating group) is 1. The van der Waals surface area contributed by atoms with E-state index in [9.17, 15) is 0 Å². The van der Waals surface area contributed by atoms with Crippen molar-refractivity contribution in [3.05, 3.63) is 0 Å². The van der Waals surface area contributed by atoms with Gasteiger partial charge in [0.1, 0.15) is 0 Å². The molecule has 0 amide bonds. The van der Waals surface area contributed by atoms with E-state index in [0.717, 1.165) is 45.8 Å². The molecule has 0 aliphatic carbocycles. The Balaban J connectivity index is 3.34. The number of hydrogen-bond acceptors (Lipinski definition) is 3. The fourth-order valence-corrected chi connectivity index (χ4v) is 1.74. The van der Waals surface area contributed by atoms with Gasteiger partial charge < -0.3 is 10.1 Å². The van der Waals surface area contributed by atoms with Gasteiger partial charge in [-0.15, -0.1) is 0 Å². The minimum atomic E-state index is 0.704. The largest absolute Gasteiger partial charge is 0.382 e. The molecule has 0 aromatic rings. The first-order chi connectivity index (χ1) is 7.76. The summed E-state index contributed by atoms with van der Waals surface area (Å²) < 4.78 is 5.29. The molecule has 3 nitrogen and oxygen atoms in total. The van der Waals surface area contributed by atoms with Crippen LogP contribution in [0.5, 0.6) is 0 Å². The van der Waals surface area contributed by atoms with Crippen molar-refractivity contribution in [3.8, 4) is 0 Å². The second kappa shape index (κ2) is 11.4. The second-order valence-electron chi connectivity index (χ2n) is 4.19. The fourth-order valence-electron chi connectivity index (χ4n) is 1.74. The van der Waals surface area contributed by atoms with Crippen LogP contribution in [0, 0.1) is 0 Å². The predicted octanol–water partition coefficient (Wildman–Crippen LogP) is 2.12. The molecule has 16 heavy (non-hydrogen) atoms. The monoisotopic (exact) mass is 230 g/mol. The first-order valence-corrected chi connectivity index (χ1v) is 6.78. The predicted molar refractivity (Wildman–Crippen MR) is 71.0 cm³/mol. The van der Waals surface area contributed by atoms with E-state index in [4.69, 9.17) is 4.74 Å². The van der Waals surface area contributed by atoms with Crippen molar-refractivity contribution in [2.24, 2.45) is 0 Å². The topological polar surface area (TPSA) is 24.5 Å². The summed E-state index contributed by atoms with van der Waals surface area (Å²) in [7, 11) is 0. The van der Waals surface area contributed by atoms with Crippen molar-refractivity contribution in [3.63, 3.8) is 0 Å². The van der Waals surface area contributed by atoms with Gasteiger partial charge in [0, 0.05) is 32.3 Å². The van der Waals surface area contributed by atoms with Gasteiger partial charge in [0.2, 0.25) is 0 Å². The van der Waals surface area contributed by atoms with E-state index in [1.54, 1.807) is 0 Å². The van der Waals surface area contributed by atoms with Gasteiger partial charge in [-0.3, -0.25) is 4.90 Å². The Hall–Kier alpha value is -0.120. The van der Waals surface area contributed by atoms with Gasteiger partial charge in [0.05, 0.1) is 0 Å². The van der Waals surface area contributed by atoms with Crippen LogP contribution in [0.15, 0.2) is 0 Å². The van der Waals surface area contributed by atoms with Gasteiger partial charge in [0.25, 0.3) is 0 Å². The van der Waals surface area contributed by atoms with E-state index in [1.807, 2.05) is 6.92 Å². The molecule has 0 fully saturated rings. The van der Waals surface area contributed by atoms with Crippen LogP contribution < -0.4 is 5.32 Å². The molecule has 0 saturated heterocycles. The van der Waals surface area contributed by atoms with Crippen LogP contribution in [0.3, 0.4) is 0 Å². The molecule has 0 aromatic heterocycles. The number of ether oxygens (including phenoxy) is 1. The van der Waals surface area contributed by atoms with Crippen molar-refractivity contribution < 1.29 is 4.74 Å². The Labute approximate surface area is 102 Å².